The molecule has 5 aromatic rings. The van der Waals surface area contributed by atoms with Gasteiger partial charge in [0.25, 0.3) is 11.5 Å². The topological polar surface area (TPSA) is 66.9 Å². The minimum atomic E-state index is -0.205. The van der Waals surface area contributed by atoms with Gasteiger partial charge in [0.1, 0.15) is 0 Å². The number of para-hydroxylation sites is 1. The van der Waals surface area contributed by atoms with Crippen molar-refractivity contribution < 1.29 is 4.79 Å². The normalized spacial score (nSPS) is 12.0. The first-order chi connectivity index (χ1) is 17.5. The van der Waals surface area contributed by atoms with Crippen molar-refractivity contribution in [2.75, 3.05) is 0 Å². The molecule has 5 heteroatoms. The van der Waals surface area contributed by atoms with E-state index in [1.807, 2.05) is 86.6 Å². The lowest BCUT2D eigenvalue weighted by molar-refractivity contribution is 0.0953. The van der Waals surface area contributed by atoms with Gasteiger partial charge in [0.2, 0.25) is 0 Å². The Balaban J connectivity index is 1.67. The van der Waals surface area contributed by atoms with Crippen molar-refractivity contribution in [1.82, 2.24) is 14.9 Å². The first kappa shape index (κ1) is 23.4. The van der Waals surface area contributed by atoms with Crippen molar-refractivity contribution in [3.8, 4) is 11.3 Å². The number of fused-ring (bicyclic) bond motifs is 1. The highest BCUT2D eigenvalue weighted by atomic mass is 16.2. The number of aryl methyl sites for hydroxylation is 2. The molecule has 1 unspecified atom stereocenters. The first-order valence-corrected chi connectivity index (χ1v) is 12.2. The Morgan fingerprint density at radius 3 is 2.25 bits per heavy atom. The van der Waals surface area contributed by atoms with Crippen LogP contribution in [-0.4, -0.2) is 15.5 Å². The van der Waals surface area contributed by atoms with Crippen LogP contribution >= 0.6 is 0 Å². The molecule has 0 spiro atoms. The van der Waals surface area contributed by atoms with E-state index in [1.54, 1.807) is 0 Å². The summed E-state index contributed by atoms with van der Waals surface area (Å²) in [6.45, 7) is 6.06. The van der Waals surface area contributed by atoms with E-state index in [-0.39, 0.29) is 24.1 Å². The smallest absolute Gasteiger partial charge is 0.254 e. The summed E-state index contributed by atoms with van der Waals surface area (Å²) in [5, 5.41) is 3.92. The zero-order valence-electron chi connectivity index (χ0n) is 20.7. The number of aromatic amines is 1. The molecule has 0 aliphatic carbocycles. The second-order valence-electron chi connectivity index (χ2n) is 9.19. The fourth-order valence-electron chi connectivity index (χ4n) is 5.01. The predicted octanol–water partition coefficient (Wildman–Crippen LogP) is 6.15. The van der Waals surface area contributed by atoms with Crippen LogP contribution in [0, 0.1) is 13.8 Å². The summed E-state index contributed by atoms with van der Waals surface area (Å²) < 4.78 is 2.25. The molecule has 0 aliphatic heterocycles. The third kappa shape index (κ3) is 4.24. The molecule has 0 bridgehead atoms. The third-order valence-electron chi connectivity index (χ3n) is 6.77. The van der Waals surface area contributed by atoms with E-state index in [2.05, 4.69) is 40.0 Å². The zero-order valence-corrected chi connectivity index (χ0v) is 20.7. The van der Waals surface area contributed by atoms with Gasteiger partial charge in [-0.15, -0.1) is 0 Å². The molecule has 0 radical (unpaired) electrons. The second-order valence-corrected chi connectivity index (χ2v) is 9.19. The monoisotopic (exact) mass is 475 g/mol. The zero-order chi connectivity index (χ0) is 25.2. The highest BCUT2D eigenvalue weighted by Crippen LogP contribution is 2.38. The van der Waals surface area contributed by atoms with Gasteiger partial charge in [-0.05, 0) is 49.6 Å². The number of aromatic nitrogens is 2. The number of benzene rings is 3. The standard InChI is InChI=1S/C31H29N3O2/c1-20-18-21(2)33-30(35)26(20)19-32-31(36)28-25-16-10-11-17-27(25)34(22(3)23-12-6-4-7-13-23)29(28)24-14-8-5-9-15-24/h4-18,22H,19H2,1-3H3,(H,32,36)(H,33,35). The van der Waals surface area contributed by atoms with Gasteiger partial charge in [0.15, 0.2) is 0 Å². The molecule has 36 heavy (non-hydrogen) atoms. The lowest BCUT2D eigenvalue weighted by atomic mass is 10.0. The summed E-state index contributed by atoms with van der Waals surface area (Å²) in [7, 11) is 0. The number of nitrogens with one attached hydrogen (secondary N) is 2. The molecule has 0 aliphatic rings. The number of H-pyrrole nitrogens is 1. The van der Waals surface area contributed by atoms with Crippen molar-refractivity contribution in [2.24, 2.45) is 0 Å². The third-order valence-corrected chi connectivity index (χ3v) is 6.77. The maximum atomic E-state index is 13.9. The molecular weight excluding hydrogens is 446 g/mol. The van der Waals surface area contributed by atoms with Crippen LogP contribution in [0.4, 0.5) is 0 Å². The largest absolute Gasteiger partial charge is 0.348 e. The van der Waals surface area contributed by atoms with Gasteiger partial charge in [-0.2, -0.15) is 0 Å². The summed E-state index contributed by atoms with van der Waals surface area (Å²) in [4.78, 5) is 29.2. The number of nitrogens with zero attached hydrogens (tertiary/aromatic N) is 1. The average molecular weight is 476 g/mol. The van der Waals surface area contributed by atoms with E-state index in [9.17, 15) is 9.59 Å². The van der Waals surface area contributed by atoms with Gasteiger partial charge in [0, 0.05) is 28.7 Å². The predicted molar refractivity (Wildman–Crippen MR) is 145 cm³/mol. The van der Waals surface area contributed by atoms with Crippen LogP contribution in [0.1, 0.15) is 45.7 Å². The maximum Gasteiger partial charge on any atom is 0.254 e. The number of carbonyl (C=O) groups excluding carboxylic acids is 1. The Morgan fingerprint density at radius 2 is 1.56 bits per heavy atom. The van der Waals surface area contributed by atoms with Gasteiger partial charge in [0.05, 0.1) is 17.3 Å². The lowest BCUT2D eigenvalue weighted by Gasteiger charge is -2.20. The average Bonchev–Trinajstić information content (AvgIpc) is 3.24. The summed E-state index contributed by atoms with van der Waals surface area (Å²) in [5.74, 6) is -0.205. The van der Waals surface area contributed by atoms with Crippen LogP contribution in [0.3, 0.4) is 0 Å². The number of carbonyl (C=O) groups is 1. The minimum Gasteiger partial charge on any atom is -0.348 e. The van der Waals surface area contributed by atoms with Gasteiger partial charge in [-0.3, -0.25) is 9.59 Å². The van der Waals surface area contributed by atoms with Crippen LogP contribution in [0.5, 0.6) is 0 Å². The molecule has 0 fully saturated rings. The summed E-state index contributed by atoms with van der Waals surface area (Å²) in [6, 6.07) is 30.3. The summed E-state index contributed by atoms with van der Waals surface area (Å²) in [6.07, 6.45) is 0. The van der Waals surface area contributed by atoms with Crippen molar-refractivity contribution in [2.45, 2.75) is 33.4 Å². The second kappa shape index (κ2) is 9.70. The molecule has 0 saturated carbocycles. The Kier molecular flexibility index (Phi) is 6.30. The summed E-state index contributed by atoms with van der Waals surface area (Å²) in [5.41, 5.74) is 6.64. The highest BCUT2D eigenvalue weighted by molar-refractivity contribution is 6.13. The molecule has 3 aromatic carbocycles. The van der Waals surface area contributed by atoms with E-state index in [0.717, 1.165) is 39.0 Å². The van der Waals surface area contributed by atoms with Crippen LogP contribution in [0.25, 0.3) is 22.2 Å². The maximum absolute atomic E-state index is 13.9. The molecule has 0 saturated heterocycles. The Hall–Kier alpha value is -4.38. The number of hydrogen-bond acceptors (Lipinski definition) is 2. The van der Waals surface area contributed by atoms with Crippen molar-refractivity contribution in [3.05, 3.63) is 129 Å². The van der Waals surface area contributed by atoms with Gasteiger partial charge in [-0.25, -0.2) is 0 Å². The Morgan fingerprint density at radius 1 is 0.917 bits per heavy atom. The van der Waals surface area contributed by atoms with E-state index in [4.69, 9.17) is 0 Å². The van der Waals surface area contributed by atoms with Crippen LogP contribution in [0.2, 0.25) is 0 Å². The van der Waals surface area contributed by atoms with Gasteiger partial charge < -0.3 is 14.9 Å². The molecule has 2 N–H and O–H groups in total. The van der Waals surface area contributed by atoms with E-state index in [0.29, 0.717) is 11.1 Å². The first-order valence-electron chi connectivity index (χ1n) is 12.2. The van der Waals surface area contributed by atoms with Crippen molar-refractivity contribution >= 4 is 16.8 Å². The Labute approximate surface area is 210 Å². The number of rotatable bonds is 6. The number of pyridine rings is 1. The fraction of sp³-hybridized carbons (Fsp3) is 0.161. The molecule has 1 amide bonds. The van der Waals surface area contributed by atoms with Crippen LogP contribution in [0.15, 0.2) is 95.8 Å². The van der Waals surface area contributed by atoms with Crippen LogP contribution < -0.4 is 10.9 Å². The summed E-state index contributed by atoms with van der Waals surface area (Å²) >= 11 is 0. The van der Waals surface area contributed by atoms with Crippen LogP contribution in [-0.2, 0) is 6.54 Å². The molecule has 180 valence electrons. The van der Waals surface area contributed by atoms with Gasteiger partial charge in [-0.1, -0.05) is 78.9 Å². The quantitative estimate of drug-likeness (QED) is 0.309. The lowest BCUT2D eigenvalue weighted by Crippen LogP contribution is -2.28. The van der Waals surface area contributed by atoms with E-state index >= 15 is 0 Å². The highest BCUT2D eigenvalue weighted by Gasteiger charge is 2.26. The molecule has 2 aromatic heterocycles. The Bertz CT molecular complexity index is 1600. The fourth-order valence-corrected chi connectivity index (χ4v) is 5.01. The molecule has 1 atom stereocenters. The number of amides is 1. The van der Waals surface area contributed by atoms with Crippen molar-refractivity contribution in [3.63, 3.8) is 0 Å². The molecule has 5 nitrogen and oxygen atoms in total. The van der Waals surface area contributed by atoms with E-state index < -0.39 is 0 Å². The molecule has 5 rings (SSSR count). The molecular formula is C31H29N3O2. The van der Waals surface area contributed by atoms with Crippen molar-refractivity contribution in [1.29, 1.82) is 0 Å². The minimum absolute atomic E-state index is 0.00459. The SMILES string of the molecule is Cc1cc(C)c(CNC(=O)c2c(-c3ccccc3)n(C(C)c3ccccc3)c3ccccc23)c(=O)[nH]1. The van der Waals surface area contributed by atoms with Gasteiger partial charge >= 0.3 is 0 Å². The molecule has 2 heterocycles. The number of hydrogen-bond donors (Lipinski definition) is 2. The van der Waals surface area contributed by atoms with E-state index in [1.165, 1.54) is 0 Å².